The predicted octanol–water partition coefficient (Wildman–Crippen LogP) is 2.05. The Bertz CT molecular complexity index is 480. The van der Waals surface area contributed by atoms with Gasteiger partial charge in [-0.25, -0.2) is 4.79 Å². The largest absolute Gasteiger partial charge is 0.444 e. The molecule has 1 aliphatic rings. The van der Waals surface area contributed by atoms with E-state index in [4.69, 9.17) is 10.5 Å². The van der Waals surface area contributed by atoms with E-state index in [1.165, 1.54) is 0 Å². The number of ether oxygens (including phenoxy) is 1. The third-order valence-corrected chi connectivity index (χ3v) is 3.00. The van der Waals surface area contributed by atoms with E-state index in [1.54, 1.807) is 6.20 Å². The molecule has 1 atom stereocenters. The van der Waals surface area contributed by atoms with Crippen LogP contribution in [-0.2, 0) is 17.6 Å². The van der Waals surface area contributed by atoms with Crippen molar-refractivity contribution < 1.29 is 9.53 Å². The fourth-order valence-electron chi connectivity index (χ4n) is 2.23. The van der Waals surface area contributed by atoms with E-state index in [2.05, 4.69) is 10.3 Å². The Morgan fingerprint density at radius 1 is 1.53 bits per heavy atom. The second-order valence-corrected chi connectivity index (χ2v) is 5.96. The first kappa shape index (κ1) is 13.6. The number of nitrogen functional groups attached to an aromatic ring is 1. The molecule has 0 saturated carbocycles. The van der Waals surface area contributed by atoms with Gasteiger partial charge in [-0.1, -0.05) is 0 Å². The molecule has 1 aromatic heterocycles. The van der Waals surface area contributed by atoms with Crippen LogP contribution in [0.15, 0.2) is 12.3 Å². The summed E-state index contributed by atoms with van der Waals surface area (Å²) < 4.78 is 5.26. The van der Waals surface area contributed by atoms with Crippen LogP contribution in [0.3, 0.4) is 0 Å². The van der Waals surface area contributed by atoms with Gasteiger partial charge < -0.3 is 15.8 Å². The van der Waals surface area contributed by atoms with Crippen LogP contribution in [0.5, 0.6) is 0 Å². The fourth-order valence-corrected chi connectivity index (χ4v) is 2.23. The molecular weight excluding hydrogens is 242 g/mol. The Morgan fingerprint density at radius 3 is 2.95 bits per heavy atom. The molecule has 0 unspecified atom stereocenters. The van der Waals surface area contributed by atoms with Crippen molar-refractivity contribution in [1.82, 2.24) is 10.3 Å². The molecule has 104 valence electrons. The van der Waals surface area contributed by atoms with Crippen LogP contribution in [0.4, 0.5) is 10.5 Å². The maximum Gasteiger partial charge on any atom is 0.407 e. The Kier molecular flexibility index (Phi) is 3.64. The van der Waals surface area contributed by atoms with Gasteiger partial charge >= 0.3 is 6.09 Å². The molecule has 0 aliphatic heterocycles. The molecule has 1 aliphatic carbocycles. The Balaban J connectivity index is 1.96. The molecule has 2 rings (SSSR count). The monoisotopic (exact) mass is 263 g/mol. The first-order valence-corrected chi connectivity index (χ1v) is 6.56. The summed E-state index contributed by atoms with van der Waals surface area (Å²) in [6.45, 7) is 5.56. The summed E-state index contributed by atoms with van der Waals surface area (Å²) in [5, 5.41) is 2.91. The normalized spacial score (nSPS) is 18.6. The second kappa shape index (κ2) is 5.07. The first-order chi connectivity index (χ1) is 8.83. The molecular formula is C14H21N3O2. The maximum absolute atomic E-state index is 11.7. The van der Waals surface area contributed by atoms with Crippen LogP contribution in [0, 0.1) is 0 Å². The molecule has 5 heteroatoms. The molecule has 0 bridgehead atoms. The zero-order valence-corrected chi connectivity index (χ0v) is 11.7. The average molecular weight is 263 g/mol. The van der Waals surface area contributed by atoms with E-state index < -0.39 is 5.60 Å². The number of amides is 1. The van der Waals surface area contributed by atoms with E-state index in [1.807, 2.05) is 26.8 Å². The summed E-state index contributed by atoms with van der Waals surface area (Å²) in [5.41, 5.74) is 8.13. The predicted molar refractivity (Wildman–Crippen MR) is 73.8 cm³/mol. The van der Waals surface area contributed by atoms with E-state index >= 15 is 0 Å². The highest BCUT2D eigenvalue weighted by Crippen LogP contribution is 2.21. The van der Waals surface area contributed by atoms with Crippen molar-refractivity contribution in [3.05, 3.63) is 23.5 Å². The highest BCUT2D eigenvalue weighted by Gasteiger charge is 2.23. The first-order valence-electron chi connectivity index (χ1n) is 6.56. The van der Waals surface area contributed by atoms with E-state index in [0.29, 0.717) is 5.69 Å². The molecule has 0 aromatic carbocycles. The van der Waals surface area contributed by atoms with Crippen LogP contribution >= 0.6 is 0 Å². The topological polar surface area (TPSA) is 77.2 Å². The van der Waals surface area contributed by atoms with Gasteiger partial charge in [0.05, 0.1) is 11.9 Å². The van der Waals surface area contributed by atoms with E-state index in [-0.39, 0.29) is 12.1 Å². The number of rotatable bonds is 1. The number of anilines is 1. The number of carbonyl (C=O) groups excluding carboxylic acids is 1. The quantitative estimate of drug-likeness (QED) is 0.813. The van der Waals surface area contributed by atoms with Gasteiger partial charge in [-0.3, -0.25) is 4.98 Å². The highest BCUT2D eigenvalue weighted by atomic mass is 16.6. The van der Waals surface area contributed by atoms with Crippen LogP contribution in [0.2, 0.25) is 0 Å². The zero-order chi connectivity index (χ0) is 14.0. The number of fused-ring (bicyclic) bond motifs is 1. The minimum atomic E-state index is -0.470. The Morgan fingerprint density at radius 2 is 2.26 bits per heavy atom. The number of hydrogen-bond acceptors (Lipinski definition) is 4. The Labute approximate surface area is 113 Å². The molecule has 19 heavy (non-hydrogen) atoms. The molecule has 0 spiro atoms. The zero-order valence-electron chi connectivity index (χ0n) is 11.7. The van der Waals surface area contributed by atoms with Crippen molar-refractivity contribution in [3.63, 3.8) is 0 Å². The van der Waals surface area contributed by atoms with Crippen molar-refractivity contribution in [2.75, 3.05) is 5.73 Å². The lowest BCUT2D eigenvalue weighted by Crippen LogP contribution is -2.42. The number of carbonyl (C=O) groups is 1. The van der Waals surface area contributed by atoms with Crippen LogP contribution in [-0.4, -0.2) is 22.7 Å². The molecule has 1 aromatic rings. The number of nitrogens with zero attached hydrogens (tertiary/aromatic N) is 1. The van der Waals surface area contributed by atoms with Gasteiger partial charge in [0.1, 0.15) is 5.60 Å². The fraction of sp³-hybridized carbons (Fsp3) is 0.571. The molecule has 5 nitrogen and oxygen atoms in total. The van der Waals surface area contributed by atoms with Gasteiger partial charge in [-0.15, -0.1) is 0 Å². The summed E-state index contributed by atoms with van der Waals surface area (Å²) in [7, 11) is 0. The smallest absolute Gasteiger partial charge is 0.407 e. The van der Waals surface area contributed by atoms with Crippen molar-refractivity contribution in [1.29, 1.82) is 0 Å². The number of aromatic nitrogens is 1. The van der Waals surface area contributed by atoms with Crippen LogP contribution in [0.1, 0.15) is 38.4 Å². The lowest BCUT2D eigenvalue weighted by atomic mass is 9.92. The third-order valence-electron chi connectivity index (χ3n) is 3.00. The molecule has 1 heterocycles. The van der Waals surface area contributed by atoms with E-state index in [0.717, 1.165) is 30.5 Å². The molecule has 0 saturated heterocycles. The van der Waals surface area contributed by atoms with Gasteiger partial charge in [0.2, 0.25) is 0 Å². The summed E-state index contributed by atoms with van der Waals surface area (Å²) >= 11 is 0. The van der Waals surface area contributed by atoms with Crippen molar-refractivity contribution >= 4 is 11.8 Å². The minimum Gasteiger partial charge on any atom is -0.444 e. The number of pyridine rings is 1. The van der Waals surface area contributed by atoms with E-state index in [9.17, 15) is 4.79 Å². The number of nitrogens with two attached hydrogens (primary N) is 1. The standard InChI is InChI=1S/C14H21N3O2/c1-14(2,3)19-13(18)17-11-4-5-12-9(7-11)6-10(15)8-16-12/h6,8,11H,4-5,7,15H2,1-3H3,(H,17,18)/t11-/m1/s1. The highest BCUT2D eigenvalue weighted by molar-refractivity contribution is 5.68. The van der Waals surface area contributed by atoms with Crippen molar-refractivity contribution in [2.24, 2.45) is 0 Å². The van der Waals surface area contributed by atoms with Crippen LogP contribution in [0.25, 0.3) is 0 Å². The molecule has 0 radical (unpaired) electrons. The summed E-state index contributed by atoms with van der Waals surface area (Å²) in [6, 6.07) is 2.02. The molecule has 3 N–H and O–H groups in total. The number of aryl methyl sites for hydroxylation is 1. The van der Waals surface area contributed by atoms with Gasteiger partial charge in [-0.05, 0) is 51.7 Å². The maximum atomic E-state index is 11.7. The summed E-state index contributed by atoms with van der Waals surface area (Å²) in [4.78, 5) is 16.1. The SMILES string of the molecule is CC(C)(C)OC(=O)N[C@@H]1CCc2ncc(N)cc2C1. The molecule has 1 amide bonds. The van der Waals surface area contributed by atoms with Gasteiger partial charge in [0, 0.05) is 11.7 Å². The lowest BCUT2D eigenvalue weighted by molar-refractivity contribution is 0.0500. The van der Waals surface area contributed by atoms with Gasteiger partial charge in [0.25, 0.3) is 0 Å². The number of nitrogens with one attached hydrogen (secondary N) is 1. The average Bonchev–Trinajstić information content (AvgIpc) is 2.25. The summed E-state index contributed by atoms with van der Waals surface area (Å²) in [5.74, 6) is 0. The molecule has 0 fully saturated rings. The van der Waals surface area contributed by atoms with Gasteiger partial charge in [0.15, 0.2) is 0 Å². The van der Waals surface area contributed by atoms with Gasteiger partial charge in [-0.2, -0.15) is 0 Å². The number of hydrogen-bond donors (Lipinski definition) is 2. The number of alkyl carbamates (subject to hydrolysis) is 1. The van der Waals surface area contributed by atoms with Crippen molar-refractivity contribution in [3.8, 4) is 0 Å². The van der Waals surface area contributed by atoms with Crippen LogP contribution < -0.4 is 11.1 Å². The second-order valence-electron chi connectivity index (χ2n) is 5.96. The lowest BCUT2D eigenvalue weighted by Gasteiger charge is -2.27. The Hall–Kier alpha value is -1.78. The summed E-state index contributed by atoms with van der Waals surface area (Å²) in [6.07, 6.45) is 3.81. The minimum absolute atomic E-state index is 0.0888. The third kappa shape index (κ3) is 3.84. The van der Waals surface area contributed by atoms with Crippen molar-refractivity contribution in [2.45, 2.75) is 51.7 Å².